The molecule has 4 nitrogen and oxygen atoms in total. The van der Waals surface area contributed by atoms with E-state index in [0.29, 0.717) is 0 Å². The number of aromatic nitrogens is 2. The molecule has 114 valence electrons. The van der Waals surface area contributed by atoms with Gasteiger partial charge in [0.2, 0.25) is 0 Å². The van der Waals surface area contributed by atoms with Crippen LogP contribution >= 0.6 is 11.3 Å². The topological polar surface area (TPSA) is 33.1 Å². The van der Waals surface area contributed by atoms with Crippen LogP contribution in [-0.2, 0) is 7.05 Å². The molecule has 2 aromatic heterocycles. The number of hydrogen-bond acceptors (Lipinski definition) is 4. The van der Waals surface area contributed by atoms with Gasteiger partial charge in [-0.2, -0.15) is 0 Å². The first-order chi connectivity index (χ1) is 10.3. The Hall–Kier alpha value is -1.17. The van der Waals surface area contributed by atoms with Crippen LogP contribution in [0.3, 0.4) is 0 Å². The molecule has 3 rings (SSSR count). The minimum Gasteiger partial charge on any atom is -0.336 e. The van der Waals surface area contributed by atoms with Crippen LogP contribution in [0.2, 0.25) is 0 Å². The smallest absolute Gasteiger partial charge is 0.131 e. The van der Waals surface area contributed by atoms with E-state index in [4.69, 9.17) is 0 Å². The lowest BCUT2D eigenvalue weighted by molar-refractivity contribution is 0.336. The van der Waals surface area contributed by atoms with E-state index in [-0.39, 0.29) is 6.04 Å². The molecule has 0 bridgehead atoms. The number of nitrogens with zero attached hydrogens (tertiary/aromatic N) is 3. The predicted octanol–water partition coefficient (Wildman–Crippen LogP) is 2.50. The monoisotopic (exact) mass is 304 g/mol. The van der Waals surface area contributed by atoms with Crippen molar-refractivity contribution >= 4 is 11.3 Å². The van der Waals surface area contributed by atoms with Gasteiger partial charge in [0.05, 0.1) is 0 Å². The van der Waals surface area contributed by atoms with Crippen LogP contribution < -0.4 is 5.32 Å². The Bertz CT molecular complexity index is 548. The molecule has 2 unspecified atom stereocenters. The number of imidazole rings is 1. The van der Waals surface area contributed by atoms with Gasteiger partial charge >= 0.3 is 0 Å². The third kappa shape index (κ3) is 3.36. The number of aryl methyl sites for hydroxylation is 1. The van der Waals surface area contributed by atoms with Crippen LogP contribution in [0, 0.1) is 5.92 Å². The molecule has 0 radical (unpaired) electrons. The molecular weight excluding hydrogens is 280 g/mol. The zero-order valence-corrected chi connectivity index (χ0v) is 13.6. The van der Waals surface area contributed by atoms with Gasteiger partial charge in [0.15, 0.2) is 0 Å². The number of likely N-dealkylation sites (tertiary alicyclic amines) is 1. The Balaban J connectivity index is 1.68. The molecular formula is C16H24N4S. The first-order valence-electron chi connectivity index (χ1n) is 7.74. The first kappa shape index (κ1) is 14.8. The van der Waals surface area contributed by atoms with Crippen molar-refractivity contribution in [2.45, 2.75) is 19.4 Å². The maximum atomic E-state index is 4.55. The minimum absolute atomic E-state index is 0.209. The van der Waals surface area contributed by atoms with Crippen LogP contribution in [0.25, 0.3) is 0 Å². The van der Waals surface area contributed by atoms with Crippen molar-refractivity contribution in [1.82, 2.24) is 19.8 Å². The lowest BCUT2D eigenvalue weighted by Crippen LogP contribution is -2.31. The van der Waals surface area contributed by atoms with E-state index in [1.807, 2.05) is 12.4 Å². The van der Waals surface area contributed by atoms with Crippen molar-refractivity contribution in [3.63, 3.8) is 0 Å². The van der Waals surface area contributed by atoms with Crippen LogP contribution in [0.15, 0.2) is 29.9 Å². The molecule has 1 aliphatic rings. The van der Waals surface area contributed by atoms with Crippen molar-refractivity contribution in [2.24, 2.45) is 13.0 Å². The molecule has 1 aliphatic heterocycles. The van der Waals surface area contributed by atoms with Crippen molar-refractivity contribution < 1.29 is 0 Å². The Morgan fingerprint density at radius 2 is 2.43 bits per heavy atom. The summed E-state index contributed by atoms with van der Waals surface area (Å²) >= 11 is 1.80. The van der Waals surface area contributed by atoms with Gasteiger partial charge in [-0.05, 0) is 36.9 Å². The van der Waals surface area contributed by atoms with E-state index in [9.17, 15) is 0 Å². The number of nitrogens with one attached hydrogen (secondary N) is 1. The van der Waals surface area contributed by atoms with E-state index >= 15 is 0 Å². The van der Waals surface area contributed by atoms with Gasteiger partial charge in [-0.1, -0.05) is 13.0 Å². The SMILES string of the molecule is CCN1CCC(CNC(c2cccs2)c2nccn2C)C1. The Morgan fingerprint density at radius 3 is 3.05 bits per heavy atom. The van der Waals surface area contributed by atoms with Gasteiger partial charge < -0.3 is 14.8 Å². The third-order valence-electron chi connectivity index (χ3n) is 4.37. The summed E-state index contributed by atoms with van der Waals surface area (Å²) < 4.78 is 2.12. The summed E-state index contributed by atoms with van der Waals surface area (Å²) in [6.45, 7) is 6.95. The fourth-order valence-electron chi connectivity index (χ4n) is 3.08. The Kier molecular flexibility index (Phi) is 4.73. The maximum absolute atomic E-state index is 4.55. The van der Waals surface area contributed by atoms with Gasteiger partial charge in [-0.3, -0.25) is 0 Å². The standard InChI is InChI=1S/C16H24N4S/c1-3-20-8-6-13(12-20)11-18-15(14-5-4-10-21-14)16-17-7-9-19(16)2/h4-5,7,9-10,13,15,18H,3,6,8,11-12H2,1-2H3. The average molecular weight is 304 g/mol. The second kappa shape index (κ2) is 6.73. The van der Waals surface area contributed by atoms with E-state index in [1.54, 1.807) is 11.3 Å². The van der Waals surface area contributed by atoms with E-state index in [0.717, 1.165) is 18.3 Å². The van der Waals surface area contributed by atoms with Crippen LogP contribution in [0.5, 0.6) is 0 Å². The highest BCUT2D eigenvalue weighted by atomic mass is 32.1. The number of hydrogen-bond donors (Lipinski definition) is 1. The van der Waals surface area contributed by atoms with Crippen LogP contribution in [0.1, 0.15) is 30.1 Å². The quantitative estimate of drug-likeness (QED) is 0.890. The van der Waals surface area contributed by atoms with Crippen molar-refractivity contribution in [1.29, 1.82) is 0 Å². The molecule has 3 heterocycles. The highest BCUT2D eigenvalue weighted by molar-refractivity contribution is 7.10. The van der Waals surface area contributed by atoms with Crippen molar-refractivity contribution in [3.05, 3.63) is 40.6 Å². The first-order valence-corrected chi connectivity index (χ1v) is 8.62. The molecule has 2 atom stereocenters. The summed E-state index contributed by atoms with van der Waals surface area (Å²) in [7, 11) is 2.07. The second-order valence-electron chi connectivity index (χ2n) is 5.80. The number of thiophene rings is 1. The summed E-state index contributed by atoms with van der Waals surface area (Å²) in [6.07, 6.45) is 5.20. The van der Waals surface area contributed by atoms with Gasteiger partial charge in [0, 0.05) is 37.4 Å². The number of rotatable bonds is 6. The lowest BCUT2D eigenvalue weighted by Gasteiger charge is -2.20. The maximum Gasteiger partial charge on any atom is 0.131 e. The van der Waals surface area contributed by atoms with Gasteiger partial charge in [-0.15, -0.1) is 11.3 Å². The predicted molar refractivity (Wildman–Crippen MR) is 87.6 cm³/mol. The highest BCUT2D eigenvalue weighted by Crippen LogP contribution is 2.25. The average Bonchev–Trinajstić information content (AvgIpc) is 3.22. The summed E-state index contributed by atoms with van der Waals surface area (Å²) in [5, 5.41) is 5.89. The molecule has 0 aromatic carbocycles. The van der Waals surface area contributed by atoms with Gasteiger partial charge in [0.25, 0.3) is 0 Å². The van der Waals surface area contributed by atoms with Gasteiger partial charge in [0.1, 0.15) is 11.9 Å². The van der Waals surface area contributed by atoms with Crippen LogP contribution in [0.4, 0.5) is 0 Å². The lowest BCUT2D eigenvalue weighted by atomic mass is 10.1. The largest absolute Gasteiger partial charge is 0.336 e. The van der Waals surface area contributed by atoms with Gasteiger partial charge in [-0.25, -0.2) is 4.98 Å². The fraction of sp³-hybridized carbons (Fsp3) is 0.562. The van der Waals surface area contributed by atoms with E-state index in [2.05, 4.69) is 51.3 Å². The molecule has 21 heavy (non-hydrogen) atoms. The van der Waals surface area contributed by atoms with E-state index in [1.165, 1.54) is 30.9 Å². The molecule has 1 N–H and O–H groups in total. The van der Waals surface area contributed by atoms with Crippen molar-refractivity contribution in [3.8, 4) is 0 Å². The zero-order valence-electron chi connectivity index (χ0n) is 12.8. The normalized spacial score (nSPS) is 21.0. The van der Waals surface area contributed by atoms with Crippen molar-refractivity contribution in [2.75, 3.05) is 26.2 Å². The fourth-order valence-corrected chi connectivity index (χ4v) is 3.88. The Labute approximate surface area is 130 Å². The summed E-state index contributed by atoms with van der Waals surface area (Å²) in [4.78, 5) is 8.42. The summed E-state index contributed by atoms with van der Waals surface area (Å²) in [5.41, 5.74) is 0. The molecule has 0 spiro atoms. The van der Waals surface area contributed by atoms with E-state index < -0.39 is 0 Å². The van der Waals surface area contributed by atoms with Crippen LogP contribution in [-0.4, -0.2) is 40.6 Å². The Morgan fingerprint density at radius 1 is 1.52 bits per heavy atom. The molecule has 2 aromatic rings. The summed E-state index contributed by atoms with van der Waals surface area (Å²) in [6, 6.07) is 4.52. The molecule has 0 amide bonds. The molecule has 1 saturated heterocycles. The molecule has 0 saturated carbocycles. The molecule has 1 fully saturated rings. The second-order valence-corrected chi connectivity index (χ2v) is 6.78. The third-order valence-corrected chi connectivity index (χ3v) is 5.31. The highest BCUT2D eigenvalue weighted by Gasteiger charge is 2.24. The summed E-state index contributed by atoms with van der Waals surface area (Å²) in [5.74, 6) is 1.86. The molecule has 0 aliphatic carbocycles. The zero-order chi connectivity index (χ0) is 14.7. The molecule has 5 heteroatoms. The minimum atomic E-state index is 0.209.